The van der Waals surface area contributed by atoms with E-state index in [1.165, 1.54) is 0 Å². The third kappa shape index (κ3) is 3.42. The topological polar surface area (TPSA) is 55.1 Å². The zero-order valence-electron chi connectivity index (χ0n) is 12.0. The highest BCUT2D eigenvalue weighted by atomic mass is 16.3. The molecule has 0 saturated heterocycles. The maximum absolute atomic E-state index is 11.9. The second kappa shape index (κ2) is 6.14. The molecule has 2 atom stereocenters. The average molecular weight is 252 g/mol. The first-order chi connectivity index (χ1) is 8.36. The number of aliphatic hydroxyl groups excluding tert-OH is 1. The summed E-state index contributed by atoms with van der Waals surface area (Å²) in [5.74, 6) is 0.979. The number of carbonyl (C=O) groups excluding carboxylic acids is 1. The quantitative estimate of drug-likeness (QED) is 0.843. The molecule has 1 N–H and O–H groups in total. The lowest BCUT2D eigenvalue weighted by atomic mass is 10.0. The first-order valence-corrected chi connectivity index (χ1v) is 6.60. The van der Waals surface area contributed by atoms with Crippen molar-refractivity contribution in [3.8, 4) is 0 Å². The Morgan fingerprint density at radius 1 is 1.39 bits per heavy atom. The van der Waals surface area contributed by atoms with Gasteiger partial charge in [-0.2, -0.15) is 0 Å². The van der Waals surface area contributed by atoms with Gasteiger partial charge in [0.05, 0.1) is 11.8 Å². The zero-order valence-corrected chi connectivity index (χ0v) is 12.0. The van der Waals surface area contributed by atoms with Gasteiger partial charge in [-0.15, -0.1) is 0 Å². The van der Waals surface area contributed by atoms with Crippen LogP contribution in [0.3, 0.4) is 0 Å². The molecule has 2 unspecified atom stereocenters. The number of aliphatic hydroxyl groups is 1. The van der Waals surface area contributed by atoms with E-state index in [0.29, 0.717) is 6.54 Å². The van der Waals surface area contributed by atoms with Crippen molar-refractivity contribution in [2.45, 2.75) is 60.1 Å². The molecule has 4 heteroatoms. The van der Waals surface area contributed by atoms with Crippen LogP contribution in [0.4, 0.5) is 0 Å². The summed E-state index contributed by atoms with van der Waals surface area (Å²) in [6.07, 6.45) is 0.584. The summed E-state index contributed by atoms with van der Waals surface area (Å²) in [5.41, 5.74) is 2.24. The Morgan fingerprint density at radius 3 is 2.44 bits per heavy atom. The predicted molar refractivity (Wildman–Crippen MR) is 71.5 cm³/mol. The zero-order chi connectivity index (χ0) is 13.9. The van der Waals surface area contributed by atoms with Crippen molar-refractivity contribution in [2.24, 2.45) is 5.92 Å². The number of carbonyl (C=O) groups is 1. The highest BCUT2D eigenvalue weighted by Gasteiger charge is 2.18. The first-order valence-electron chi connectivity index (χ1n) is 6.60. The van der Waals surface area contributed by atoms with Crippen LogP contribution in [0.2, 0.25) is 0 Å². The molecule has 1 heterocycles. The van der Waals surface area contributed by atoms with E-state index in [2.05, 4.69) is 16.5 Å². The van der Waals surface area contributed by atoms with Gasteiger partial charge in [-0.05, 0) is 27.2 Å². The molecule has 4 nitrogen and oxygen atoms in total. The number of aryl methyl sites for hydroxylation is 2. The number of rotatable bonds is 6. The molecule has 0 amide bonds. The minimum Gasteiger partial charge on any atom is -0.393 e. The molecule has 0 fully saturated rings. The van der Waals surface area contributed by atoms with E-state index < -0.39 is 6.10 Å². The molecule has 18 heavy (non-hydrogen) atoms. The summed E-state index contributed by atoms with van der Waals surface area (Å²) >= 11 is 0. The molecule has 1 aromatic rings. The second-order valence-corrected chi connectivity index (χ2v) is 5.08. The smallest absolute Gasteiger partial charge is 0.140 e. The monoisotopic (exact) mass is 252 g/mol. The third-order valence-corrected chi connectivity index (χ3v) is 3.35. The van der Waals surface area contributed by atoms with E-state index in [4.69, 9.17) is 0 Å². The number of hydrogen-bond acceptors (Lipinski definition) is 3. The van der Waals surface area contributed by atoms with Gasteiger partial charge in [0.1, 0.15) is 11.6 Å². The minimum atomic E-state index is -0.559. The van der Waals surface area contributed by atoms with E-state index >= 15 is 0 Å². The van der Waals surface area contributed by atoms with Crippen LogP contribution in [-0.2, 0) is 17.8 Å². The van der Waals surface area contributed by atoms with E-state index in [9.17, 15) is 9.90 Å². The molecule has 0 spiro atoms. The van der Waals surface area contributed by atoms with Crippen LogP contribution in [-0.4, -0.2) is 26.5 Å². The Morgan fingerprint density at radius 2 is 2.00 bits per heavy atom. The molecule has 0 aliphatic carbocycles. The molecule has 0 saturated carbocycles. The summed E-state index contributed by atoms with van der Waals surface area (Å²) in [6, 6.07) is 0. The number of Topliss-reactive ketones (excluding diaryl/α,β-unsaturated/α-hetero) is 1. The number of imidazole rings is 1. The summed E-state index contributed by atoms with van der Waals surface area (Å²) in [6.45, 7) is 10.3. The van der Waals surface area contributed by atoms with Crippen molar-refractivity contribution >= 4 is 5.78 Å². The van der Waals surface area contributed by atoms with Crippen LogP contribution in [0.25, 0.3) is 0 Å². The Bertz CT molecular complexity index is 422. The Kier molecular flexibility index (Phi) is 5.08. The van der Waals surface area contributed by atoms with Gasteiger partial charge >= 0.3 is 0 Å². The Labute approximate surface area is 109 Å². The van der Waals surface area contributed by atoms with Crippen molar-refractivity contribution in [3.05, 3.63) is 17.2 Å². The molecular formula is C14H24N2O2. The third-order valence-electron chi connectivity index (χ3n) is 3.35. The lowest BCUT2D eigenvalue weighted by Gasteiger charge is -2.15. The Balaban J connectivity index is 2.78. The number of ketones is 1. The van der Waals surface area contributed by atoms with E-state index in [0.717, 1.165) is 23.6 Å². The molecule has 0 aromatic carbocycles. The average Bonchev–Trinajstić information content (AvgIpc) is 2.55. The van der Waals surface area contributed by atoms with E-state index in [1.807, 2.05) is 20.8 Å². The van der Waals surface area contributed by atoms with Crippen LogP contribution >= 0.6 is 0 Å². The maximum atomic E-state index is 11.9. The first kappa shape index (κ1) is 14.9. The molecular weight excluding hydrogens is 228 g/mol. The minimum absolute atomic E-state index is 0.0871. The summed E-state index contributed by atoms with van der Waals surface area (Å²) in [7, 11) is 0. The van der Waals surface area contributed by atoms with Gasteiger partial charge in [-0.25, -0.2) is 4.98 Å². The fourth-order valence-corrected chi connectivity index (χ4v) is 2.21. The molecule has 0 bridgehead atoms. The fraction of sp³-hybridized carbons (Fsp3) is 0.714. The van der Waals surface area contributed by atoms with Gasteiger partial charge in [-0.3, -0.25) is 4.79 Å². The van der Waals surface area contributed by atoms with Crippen LogP contribution in [0.5, 0.6) is 0 Å². The second-order valence-electron chi connectivity index (χ2n) is 5.08. The highest BCUT2D eigenvalue weighted by molar-refractivity contribution is 5.81. The fourth-order valence-electron chi connectivity index (χ4n) is 2.21. The van der Waals surface area contributed by atoms with Crippen molar-refractivity contribution in [3.63, 3.8) is 0 Å². The van der Waals surface area contributed by atoms with Gasteiger partial charge in [0.2, 0.25) is 0 Å². The summed E-state index contributed by atoms with van der Waals surface area (Å²) < 4.78 is 2.10. The van der Waals surface area contributed by atoms with Crippen molar-refractivity contribution in [2.75, 3.05) is 0 Å². The highest BCUT2D eigenvalue weighted by Crippen LogP contribution is 2.15. The predicted octanol–water partition coefficient (Wildman–Crippen LogP) is 2.04. The van der Waals surface area contributed by atoms with Gasteiger partial charge in [0.15, 0.2) is 0 Å². The summed E-state index contributed by atoms with van der Waals surface area (Å²) in [4.78, 5) is 16.4. The van der Waals surface area contributed by atoms with E-state index in [1.54, 1.807) is 6.92 Å². The van der Waals surface area contributed by atoms with Crippen LogP contribution in [0.15, 0.2) is 0 Å². The standard InChI is InChI=1S/C14H24N2O2/c1-6-13-11(4)16(12(5)15-13)8-9(2)14(18)7-10(3)17/h9-10,17H,6-8H2,1-5H3. The number of aromatic nitrogens is 2. The van der Waals surface area contributed by atoms with Gasteiger partial charge in [0.25, 0.3) is 0 Å². The van der Waals surface area contributed by atoms with Crippen LogP contribution in [0, 0.1) is 19.8 Å². The van der Waals surface area contributed by atoms with Gasteiger partial charge < -0.3 is 9.67 Å². The molecule has 0 aliphatic heterocycles. The number of nitrogens with zero attached hydrogens (tertiary/aromatic N) is 2. The SMILES string of the molecule is CCc1nc(C)n(CC(C)C(=O)CC(C)O)c1C. The molecule has 0 radical (unpaired) electrons. The largest absolute Gasteiger partial charge is 0.393 e. The molecule has 102 valence electrons. The van der Waals surface area contributed by atoms with Gasteiger partial charge in [-0.1, -0.05) is 13.8 Å². The normalized spacial score (nSPS) is 14.6. The van der Waals surface area contributed by atoms with Crippen LogP contribution in [0.1, 0.15) is 44.4 Å². The Hall–Kier alpha value is -1.16. The summed E-state index contributed by atoms with van der Waals surface area (Å²) in [5, 5.41) is 9.25. The van der Waals surface area contributed by atoms with E-state index in [-0.39, 0.29) is 18.1 Å². The van der Waals surface area contributed by atoms with Gasteiger partial charge in [0, 0.05) is 24.6 Å². The van der Waals surface area contributed by atoms with Crippen LogP contribution < -0.4 is 0 Å². The molecule has 1 rings (SSSR count). The molecule has 1 aromatic heterocycles. The van der Waals surface area contributed by atoms with Crippen molar-refractivity contribution in [1.82, 2.24) is 9.55 Å². The lowest BCUT2D eigenvalue weighted by molar-refractivity contribution is -0.124. The van der Waals surface area contributed by atoms with Crippen molar-refractivity contribution < 1.29 is 9.90 Å². The maximum Gasteiger partial charge on any atom is 0.140 e. The lowest BCUT2D eigenvalue weighted by Crippen LogP contribution is -2.22. The van der Waals surface area contributed by atoms with Crippen molar-refractivity contribution in [1.29, 1.82) is 0 Å². The number of hydrogen-bond donors (Lipinski definition) is 1. The molecule has 0 aliphatic rings.